The van der Waals surface area contributed by atoms with Crippen molar-refractivity contribution in [2.75, 3.05) is 13.7 Å². The van der Waals surface area contributed by atoms with Crippen molar-refractivity contribution in [3.05, 3.63) is 29.8 Å². The molecule has 1 aromatic carbocycles. The number of ether oxygens (including phenoxy) is 1. The van der Waals surface area contributed by atoms with Gasteiger partial charge in [-0.2, -0.15) is 0 Å². The average Bonchev–Trinajstić information content (AvgIpc) is 2.30. The molecule has 0 bridgehead atoms. The first-order valence-electron chi connectivity index (χ1n) is 4.53. The van der Waals surface area contributed by atoms with Crippen molar-refractivity contribution in [2.24, 2.45) is 4.99 Å². The van der Waals surface area contributed by atoms with Crippen LogP contribution < -0.4 is 15.6 Å². The molecule has 0 aliphatic carbocycles. The van der Waals surface area contributed by atoms with Gasteiger partial charge in [0.2, 0.25) is 0 Å². The first-order chi connectivity index (χ1) is 7.29. The van der Waals surface area contributed by atoms with Crippen LogP contribution in [-0.4, -0.2) is 25.4 Å². The van der Waals surface area contributed by atoms with Gasteiger partial charge in [-0.15, -0.1) is 0 Å². The molecule has 0 fully saturated rings. The molecule has 1 heterocycles. The van der Waals surface area contributed by atoms with Gasteiger partial charge >= 0.3 is 0 Å². The Bertz CT molecular complexity index is 415. The van der Waals surface area contributed by atoms with Crippen LogP contribution in [-0.2, 0) is 4.79 Å². The third-order valence-corrected chi connectivity index (χ3v) is 2.04. The normalized spacial score (nSPS) is 15.0. The highest BCUT2D eigenvalue weighted by atomic mass is 16.5. The van der Waals surface area contributed by atoms with Gasteiger partial charge in [0, 0.05) is 5.56 Å². The van der Waals surface area contributed by atoms with Gasteiger partial charge < -0.3 is 4.74 Å². The molecule has 0 unspecified atom stereocenters. The number of nitrogens with one attached hydrogen (secondary N) is 2. The number of aliphatic imine (C=N–C) groups is 1. The van der Waals surface area contributed by atoms with Gasteiger partial charge in [0.25, 0.3) is 5.91 Å². The first-order valence-corrected chi connectivity index (χ1v) is 4.53. The van der Waals surface area contributed by atoms with Gasteiger partial charge in [0.05, 0.1) is 7.11 Å². The van der Waals surface area contributed by atoms with E-state index >= 15 is 0 Å². The van der Waals surface area contributed by atoms with Crippen LogP contribution in [0.2, 0.25) is 0 Å². The topological polar surface area (TPSA) is 62.7 Å². The Kier molecular flexibility index (Phi) is 2.53. The summed E-state index contributed by atoms with van der Waals surface area (Å²) in [5.41, 5.74) is 6.12. The van der Waals surface area contributed by atoms with Crippen molar-refractivity contribution >= 4 is 11.7 Å². The summed E-state index contributed by atoms with van der Waals surface area (Å²) in [6.07, 6.45) is 0. The van der Waals surface area contributed by atoms with Crippen LogP contribution >= 0.6 is 0 Å². The Morgan fingerprint density at radius 2 is 2.27 bits per heavy atom. The number of amides is 1. The summed E-state index contributed by atoms with van der Waals surface area (Å²) in [4.78, 5) is 15.0. The number of nitrogens with zero attached hydrogens (tertiary/aromatic N) is 1. The monoisotopic (exact) mass is 205 g/mol. The molecule has 15 heavy (non-hydrogen) atoms. The molecule has 0 atom stereocenters. The zero-order valence-corrected chi connectivity index (χ0v) is 8.28. The quantitative estimate of drug-likeness (QED) is 0.718. The van der Waals surface area contributed by atoms with E-state index in [-0.39, 0.29) is 12.5 Å². The second-order valence-electron chi connectivity index (χ2n) is 3.07. The van der Waals surface area contributed by atoms with Crippen molar-refractivity contribution in [1.82, 2.24) is 10.9 Å². The van der Waals surface area contributed by atoms with Gasteiger partial charge in [-0.1, -0.05) is 12.1 Å². The summed E-state index contributed by atoms with van der Waals surface area (Å²) in [6.45, 7) is 0.152. The standard InChI is InChI=1S/C10H11N3O2/c1-15-8-4-2-3-7(5-8)10-11-6-9(14)12-13-10/h2-5H,6H2,1H3,(H,11,13)(H,12,14). The number of hydrogen-bond acceptors (Lipinski definition) is 4. The summed E-state index contributed by atoms with van der Waals surface area (Å²) >= 11 is 0. The molecule has 1 aromatic rings. The van der Waals surface area contributed by atoms with Crippen LogP contribution in [0.25, 0.3) is 0 Å². The van der Waals surface area contributed by atoms with Crippen LogP contribution in [0, 0.1) is 0 Å². The van der Waals surface area contributed by atoms with E-state index in [4.69, 9.17) is 4.74 Å². The number of amidine groups is 1. The fraction of sp³-hybridized carbons (Fsp3) is 0.200. The number of benzene rings is 1. The van der Waals surface area contributed by atoms with Crippen LogP contribution in [0.4, 0.5) is 0 Å². The van der Waals surface area contributed by atoms with Crippen LogP contribution in [0.5, 0.6) is 5.75 Å². The number of hydrazine groups is 1. The van der Waals surface area contributed by atoms with Crippen molar-refractivity contribution in [3.8, 4) is 5.75 Å². The summed E-state index contributed by atoms with van der Waals surface area (Å²) in [5, 5.41) is 0. The molecular weight excluding hydrogens is 194 g/mol. The molecule has 0 aromatic heterocycles. The van der Waals surface area contributed by atoms with E-state index in [2.05, 4.69) is 15.8 Å². The molecule has 0 spiro atoms. The molecule has 0 saturated heterocycles. The molecule has 5 heteroatoms. The van der Waals surface area contributed by atoms with E-state index in [9.17, 15) is 4.79 Å². The molecule has 1 aliphatic rings. The number of hydrogen-bond donors (Lipinski definition) is 2. The third kappa shape index (κ3) is 2.07. The number of methoxy groups -OCH3 is 1. The number of carbonyl (C=O) groups excluding carboxylic acids is 1. The molecule has 2 N–H and O–H groups in total. The summed E-state index contributed by atoms with van der Waals surface area (Å²) in [5.74, 6) is 1.27. The zero-order chi connectivity index (χ0) is 10.7. The lowest BCUT2D eigenvalue weighted by Crippen LogP contribution is -2.47. The lowest BCUT2D eigenvalue weighted by molar-refractivity contribution is -0.120. The molecule has 0 radical (unpaired) electrons. The minimum atomic E-state index is -0.137. The Morgan fingerprint density at radius 1 is 1.40 bits per heavy atom. The van der Waals surface area contributed by atoms with Gasteiger partial charge in [0.15, 0.2) is 0 Å². The maximum Gasteiger partial charge on any atom is 0.260 e. The molecule has 1 amide bonds. The van der Waals surface area contributed by atoms with Crippen LogP contribution in [0.15, 0.2) is 29.3 Å². The van der Waals surface area contributed by atoms with Gasteiger partial charge in [-0.3, -0.25) is 20.6 Å². The van der Waals surface area contributed by atoms with Crippen molar-refractivity contribution in [2.45, 2.75) is 0 Å². The summed E-state index contributed by atoms with van der Waals surface area (Å²) in [6, 6.07) is 7.47. The molecule has 5 nitrogen and oxygen atoms in total. The Hall–Kier alpha value is -2.04. The Balaban J connectivity index is 2.25. The van der Waals surface area contributed by atoms with E-state index < -0.39 is 0 Å². The average molecular weight is 205 g/mol. The minimum Gasteiger partial charge on any atom is -0.497 e. The highest BCUT2D eigenvalue weighted by Crippen LogP contribution is 2.12. The number of carbonyl (C=O) groups is 1. The summed E-state index contributed by atoms with van der Waals surface area (Å²) in [7, 11) is 1.61. The Labute approximate surface area is 87.1 Å². The molecule has 2 rings (SSSR count). The SMILES string of the molecule is COc1cccc(C2=NCC(=O)NN2)c1. The van der Waals surface area contributed by atoms with Crippen LogP contribution in [0.1, 0.15) is 5.56 Å². The minimum absolute atomic E-state index is 0.137. The van der Waals surface area contributed by atoms with Gasteiger partial charge in [-0.25, -0.2) is 0 Å². The maximum atomic E-state index is 10.9. The van der Waals surface area contributed by atoms with Crippen molar-refractivity contribution < 1.29 is 9.53 Å². The highest BCUT2D eigenvalue weighted by molar-refractivity contribution is 6.02. The summed E-state index contributed by atoms with van der Waals surface area (Å²) < 4.78 is 5.10. The lowest BCUT2D eigenvalue weighted by atomic mass is 10.2. The zero-order valence-electron chi connectivity index (χ0n) is 8.28. The fourth-order valence-corrected chi connectivity index (χ4v) is 1.29. The molecular formula is C10H11N3O2. The first kappa shape index (κ1) is 9.51. The van der Waals surface area contributed by atoms with Gasteiger partial charge in [0.1, 0.15) is 18.1 Å². The van der Waals surface area contributed by atoms with Crippen molar-refractivity contribution in [1.29, 1.82) is 0 Å². The maximum absolute atomic E-state index is 10.9. The van der Waals surface area contributed by atoms with E-state index in [1.54, 1.807) is 7.11 Å². The molecule has 78 valence electrons. The molecule has 1 aliphatic heterocycles. The van der Waals surface area contributed by atoms with E-state index in [1.807, 2.05) is 24.3 Å². The second-order valence-corrected chi connectivity index (χ2v) is 3.07. The number of rotatable bonds is 2. The highest BCUT2D eigenvalue weighted by Gasteiger charge is 2.11. The van der Waals surface area contributed by atoms with Crippen LogP contribution in [0.3, 0.4) is 0 Å². The second kappa shape index (κ2) is 4.00. The lowest BCUT2D eigenvalue weighted by Gasteiger charge is -2.15. The Morgan fingerprint density at radius 3 is 2.93 bits per heavy atom. The van der Waals surface area contributed by atoms with E-state index in [0.29, 0.717) is 5.84 Å². The molecule has 0 saturated carbocycles. The third-order valence-electron chi connectivity index (χ3n) is 2.04. The van der Waals surface area contributed by atoms with Gasteiger partial charge in [-0.05, 0) is 12.1 Å². The largest absolute Gasteiger partial charge is 0.497 e. The van der Waals surface area contributed by atoms with E-state index in [0.717, 1.165) is 11.3 Å². The predicted molar refractivity (Wildman–Crippen MR) is 55.7 cm³/mol. The fourth-order valence-electron chi connectivity index (χ4n) is 1.29. The predicted octanol–water partition coefficient (Wildman–Crippen LogP) is 0.0762. The van der Waals surface area contributed by atoms with E-state index in [1.165, 1.54) is 0 Å². The van der Waals surface area contributed by atoms with Crippen molar-refractivity contribution in [3.63, 3.8) is 0 Å². The smallest absolute Gasteiger partial charge is 0.260 e.